The standard InChI is InChI=1S/C18H23FN6O2/c1-24(2)18-21-8-6-15(23-18)25-11-12(19)9-13(25)10-22-16(26)14-5-4-7-20-17(14)27-3/h4-8,12-13H,9-11H2,1-3H3,(H,22,26)/t12-,13-/m0/s1. The molecule has 0 radical (unpaired) electrons. The van der Waals surface area contributed by atoms with Crippen LogP contribution in [0.1, 0.15) is 16.8 Å². The number of alkyl halides is 1. The largest absolute Gasteiger partial charge is 0.480 e. The Labute approximate surface area is 157 Å². The van der Waals surface area contributed by atoms with E-state index in [1.54, 1.807) is 35.5 Å². The quantitative estimate of drug-likeness (QED) is 0.816. The van der Waals surface area contributed by atoms with Gasteiger partial charge in [-0.25, -0.2) is 14.4 Å². The molecule has 1 aliphatic rings. The van der Waals surface area contributed by atoms with Gasteiger partial charge in [-0.3, -0.25) is 4.79 Å². The number of aromatic nitrogens is 3. The Hall–Kier alpha value is -2.97. The minimum absolute atomic E-state index is 0.198. The Balaban J connectivity index is 1.71. The number of halogens is 1. The molecule has 1 fully saturated rings. The molecule has 27 heavy (non-hydrogen) atoms. The summed E-state index contributed by atoms with van der Waals surface area (Å²) in [5, 5.41) is 2.85. The van der Waals surface area contributed by atoms with Gasteiger partial charge in [0.15, 0.2) is 0 Å². The van der Waals surface area contributed by atoms with Gasteiger partial charge >= 0.3 is 0 Å². The van der Waals surface area contributed by atoms with Gasteiger partial charge in [0, 0.05) is 39.5 Å². The molecule has 2 aromatic heterocycles. The highest BCUT2D eigenvalue weighted by Gasteiger charge is 2.33. The number of nitrogens with one attached hydrogen (secondary N) is 1. The number of ether oxygens (including phenoxy) is 1. The summed E-state index contributed by atoms with van der Waals surface area (Å²) in [4.78, 5) is 28.8. The van der Waals surface area contributed by atoms with Gasteiger partial charge in [0.25, 0.3) is 5.91 Å². The van der Waals surface area contributed by atoms with Crippen molar-refractivity contribution in [1.82, 2.24) is 20.3 Å². The number of nitrogens with zero attached hydrogens (tertiary/aromatic N) is 5. The monoisotopic (exact) mass is 374 g/mol. The van der Waals surface area contributed by atoms with Gasteiger partial charge in [-0.2, -0.15) is 4.98 Å². The zero-order valence-corrected chi connectivity index (χ0v) is 15.6. The SMILES string of the molecule is COc1ncccc1C(=O)NC[C@@H]1C[C@H](F)CN1c1ccnc(N(C)C)n1. The van der Waals surface area contributed by atoms with E-state index in [1.807, 2.05) is 19.0 Å². The number of anilines is 2. The van der Waals surface area contributed by atoms with Crippen molar-refractivity contribution in [3.8, 4) is 5.88 Å². The Morgan fingerprint density at radius 2 is 2.19 bits per heavy atom. The third-order valence-corrected chi connectivity index (χ3v) is 4.39. The van der Waals surface area contributed by atoms with Crippen LogP contribution < -0.4 is 19.9 Å². The van der Waals surface area contributed by atoms with Crippen molar-refractivity contribution in [2.24, 2.45) is 0 Å². The summed E-state index contributed by atoms with van der Waals surface area (Å²) in [6, 6.07) is 4.86. The second-order valence-electron chi connectivity index (χ2n) is 6.52. The predicted octanol–water partition coefficient (Wildman–Crippen LogP) is 1.29. The molecule has 2 atom stereocenters. The highest BCUT2D eigenvalue weighted by molar-refractivity contribution is 5.96. The fraction of sp³-hybridized carbons (Fsp3) is 0.444. The lowest BCUT2D eigenvalue weighted by molar-refractivity contribution is 0.0947. The first-order valence-corrected chi connectivity index (χ1v) is 8.68. The second kappa shape index (κ2) is 8.15. The number of rotatable bonds is 6. The van der Waals surface area contributed by atoms with Crippen LogP contribution in [0.3, 0.4) is 0 Å². The van der Waals surface area contributed by atoms with E-state index >= 15 is 0 Å². The van der Waals surface area contributed by atoms with Crippen molar-refractivity contribution in [2.45, 2.75) is 18.6 Å². The van der Waals surface area contributed by atoms with Crippen LogP contribution in [0.4, 0.5) is 16.2 Å². The molecule has 0 unspecified atom stereocenters. The molecule has 0 aliphatic carbocycles. The summed E-state index contributed by atoms with van der Waals surface area (Å²) in [6.07, 6.45) is 2.56. The third-order valence-electron chi connectivity index (χ3n) is 4.39. The summed E-state index contributed by atoms with van der Waals surface area (Å²) < 4.78 is 19.2. The van der Waals surface area contributed by atoms with Crippen molar-refractivity contribution < 1.29 is 13.9 Å². The molecule has 3 heterocycles. The average Bonchev–Trinajstić information content (AvgIpc) is 3.06. The van der Waals surface area contributed by atoms with Gasteiger partial charge in [0.05, 0.1) is 19.7 Å². The minimum Gasteiger partial charge on any atom is -0.480 e. The van der Waals surface area contributed by atoms with Gasteiger partial charge in [-0.15, -0.1) is 0 Å². The minimum atomic E-state index is -0.974. The van der Waals surface area contributed by atoms with Crippen LogP contribution in [0.2, 0.25) is 0 Å². The number of pyridine rings is 1. The van der Waals surface area contributed by atoms with E-state index in [2.05, 4.69) is 20.3 Å². The van der Waals surface area contributed by atoms with E-state index in [0.717, 1.165) is 0 Å². The maximum atomic E-state index is 14.1. The van der Waals surface area contributed by atoms with Gasteiger partial charge < -0.3 is 19.9 Å². The summed E-state index contributed by atoms with van der Waals surface area (Å²) in [7, 11) is 5.16. The normalized spacial score (nSPS) is 19.0. The van der Waals surface area contributed by atoms with Crippen LogP contribution in [0.5, 0.6) is 5.88 Å². The van der Waals surface area contributed by atoms with E-state index in [-0.39, 0.29) is 24.4 Å². The molecule has 8 nitrogen and oxygen atoms in total. The lowest BCUT2D eigenvalue weighted by Gasteiger charge is -2.26. The molecule has 1 amide bonds. The van der Waals surface area contributed by atoms with Crippen LogP contribution in [-0.4, -0.2) is 67.4 Å². The molecule has 2 aromatic rings. The Bertz CT molecular complexity index is 803. The molecule has 144 valence electrons. The average molecular weight is 374 g/mol. The molecule has 3 rings (SSSR count). The Kier molecular flexibility index (Phi) is 5.68. The van der Waals surface area contributed by atoms with Crippen LogP contribution in [-0.2, 0) is 0 Å². The Morgan fingerprint density at radius 3 is 2.93 bits per heavy atom. The molecule has 0 aromatic carbocycles. The van der Waals surface area contributed by atoms with E-state index in [4.69, 9.17) is 4.74 Å². The van der Waals surface area contributed by atoms with Gasteiger partial charge in [0.1, 0.15) is 17.6 Å². The van der Waals surface area contributed by atoms with Crippen LogP contribution >= 0.6 is 0 Å². The molecular formula is C18H23FN6O2. The topological polar surface area (TPSA) is 83.5 Å². The van der Waals surface area contributed by atoms with Crippen molar-refractivity contribution in [1.29, 1.82) is 0 Å². The molecule has 9 heteroatoms. The van der Waals surface area contributed by atoms with Gasteiger partial charge in [-0.05, 0) is 18.2 Å². The number of carbonyl (C=O) groups excluding carboxylic acids is 1. The number of hydrogen-bond donors (Lipinski definition) is 1. The zero-order valence-electron chi connectivity index (χ0n) is 15.6. The van der Waals surface area contributed by atoms with Crippen LogP contribution in [0.25, 0.3) is 0 Å². The van der Waals surface area contributed by atoms with Crippen molar-refractivity contribution >= 4 is 17.7 Å². The summed E-state index contributed by atoms with van der Waals surface area (Å²) in [5.41, 5.74) is 0.346. The molecule has 0 spiro atoms. The first-order chi connectivity index (χ1) is 13.0. The summed E-state index contributed by atoms with van der Waals surface area (Å²) in [5.74, 6) is 1.15. The molecule has 0 bridgehead atoms. The van der Waals surface area contributed by atoms with Crippen molar-refractivity contribution in [3.63, 3.8) is 0 Å². The van der Waals surface area contributed by atoms with E-state index < -0.39 is 6.17 Å². The first kappa shape index (κ1) is 18.8. The van der Waals surface area contributed by atoms with E-state index in [0.29, 0.717) is 30.3 Å². The highest BCUT2D eigenvalue weighted by Crippen LogP contribution is 2.26. The third kappa shape index (κ3) is 4.24. The first-order valence-electron chi connectivity index (χ1n) is 8.68. The maximum absolute atomic E-state index is 14.1. The highest BCUT2D eigenvalue weighted by atomic mass is 19.1. The molecule has 1 N–H and O–H groups in total. The van der Waals surface area contributed by atoms with Gasteiger partial charge in [-0.1, -0.05) is 0 Å². The number of hydrogen-bond acceptors (Lipinski definition) is 7. The smallest absolute Gasteiger partial charge is 0.256 e. The van der Waals surface area contributed by atoms with Crippen molar-refractivity contribution in [3.05, 3.63) is 36.2 Å². The van der Waals surface area contributed by atoms with Crippen LogP contribution in [0.15, 0.2) is 30.6 Å². The summed E-state index contributed by atoms with van der Waals surface area (Å²) in [6.45, 7) is 0.527. The lowest BCUT2D eigenvalue weighted by Crippen LogP contribution is -2.40. The Morgan fingerprint density at radius 1 is 1.37 bits per heavy atom. The molecule has 1 aliphatic heterocycles. The maximum Gasteiger partial charge on any atom is 0.256 e. The van der Waals surface area contributed by atoms with E-state index in [9.17, 15) is 9.18 Å². The molecule has 0 saturated carbocycles. The summed E-state index contributed by atoms with van der Waals surface area (Å²) >= 11 is 0. The fourth-order valence-corrected chi connectivity index (χ4v) is 3.08. The van der Waals surface area contributed by atoms with E-state index in [1.165, 1.54) is 7.11 Å². The zero-order chi connectivity index (χ0) is 19.4. The lowest BCUT2D eigenvalue weighted by atomic mass is 10.2. The van der Waals surface area contributed by atoms with Crippen LogP contribution in [0, 0.1) is 0 Å². The molecule has 1 saturated heterocycles. The number of amides is 1. The predicted molar refractivity (Wildman–Crippen MR) is 100 cm³/mol. The number of carbonyl (C=O) groups is 1. The second-order valence-corrected chi connectivity index (χ2v) is 6.52. The number of methoxy groups -OCH3 is 1. The fourth-order valence-electron chi connectivity index (χ4n) is 3.08. The van der Waals surface area contributed by atoms with Crippen molar-refractivity contribution in [2.75, 3.05) is 44.1 Å². The van der Waals surface area contributed by atoms with Gasteiger partial charge in [0.2, 0.25) is 11.8 Å². The molecular weight excluding hydrogens is 351 g/mol.